The Bertz CT molecular complexity index is 1820. The fourth-order valence-corrected chi connectivity index (χ4v) is 5.26. The van der Waals surface area contributed by atoms with Crippen molar-refractivity contribution in [2.45, 2.75) is 12.7 Å². The summed E-state index contributed by atoms with van der Waals surface area (Å²) >= 11 is 0. The number of carbonyl (C=O) groups is 2. The Morgan fingerprint density at radius 3 is 2.28 bits per heavy atom. The second-order valence-corrected chi connectivity index (χ2v) is 10.7. The number of carbonyl (C=O) groups excluding carboxylic acids is 2. The first-order valence-electron chi connectivity index (χ1n) is 14.3. The van der Waals surface area contributed by atoms with Crippen LogP contribution in [0.4, 0.5) is 18.9 Å². The second-order valence-electron chi connectivity index (χ2n) is 10.7. The molecule has 0 aliphatic carbocycles. The summed E-state index contributed by atoms with van der Waals surface area (Å²) < 4.78 is 46.2. The Balaban J connectivity index is 0.00000417. The number of anilines is 1. The molecule has 1 saturated heterocycles. The van der Waals surface area contributed by atoms with Crippen molar-refractivity contribution in [3.8, 4) is 11.6 Å². The van der Waals surface area contributed by atoms with Crippen LogP contribution in [0.2, 0.25) is 0 Å². The van der Waals surface area contributed by atoms with Gasteiger partial charge < -0.3 is 19.5 Å². The molecule has 46 heavy (non-hydrogen) atoms. The summed E-state index contributed by atoms with van der Waals surface area (Å²) in [5.74, 6) is 0.214. The van der Waals surface area contributed by atoms with Gasteiger partial charge >= 0.3 is 6.18 Å². The van der Waals surface area contributed by atoms with Crippen molar-refractivity contribution < 1.29 is 27.5 Å². The van der Waals surface area contributed by atoms with Gasteiger partial charge in [0.05, 0.1) is 17.4 Å². The number of piperazine rings is 1. The van der Waals surface area contributed by atoms with Gasteiger partial charge in [-0.2, -0.15) is 13.2 Å². The van der Waals surface area contributed by atoms with Gasteiger partial charge in [-0.1, -0.05) is 0 Å². The molecule has 0 unspecified atom stereocenters. The lowest BCUT2D eigenvalue weighted by molar-refractivity contribution is -0.137. The maximum Gasteiger partial charge on any atom is 0.416 e. The second kappa shape index (κ2) is 13.7. The number of pyridine rings is 2. The largest absolute Gasteiger partial charge is 0.439 e. The zero-order chi connectivity index (χ0) is 31.6. The normalized spacial score (nSPS) is 13.7. The van der Waals surface area contributed by atoms with Crippen LogP contribution in [0, 0.1) is 0 Å². The van der Waals surface area contributed by atoms with Crippen molar-refractivity contribution in [2.75, 3.05) is 31.5 Å². The smallest absolute Gasteiger partial charge is 0.416 e. The van der Waals surface area contributed by atoms with E-state index in [1.165, 1.54) is 11.8 Å². The fourth-order valence-electron chi connectivity index (χ4n) is 5.26. The van der Waals surface area contributed by atoms with Crippen LogP contribution in [0.1, 0.15) is 32.0 Å². The number of nitrogens with one attached hydrogen (secondary N) is 1. The average molecular weight is 696 g/mol. The number of fused-ring (bicyclic) bond motifs is 1. The lowest BCUT2D eigenvalue weighted by Gasteiger charge is -2.34. The quantitative estimate of drug-likeness (QED) is 0.207. The number of aryl methyl sites for hydroxylation is 1. The molecule has 3 aromatic heterocycles. The summed E-state index contributed by atoms with van der Waals surface area (Å²) in [6.45, 7) is 3.70. The van der Waals surface area contributed by atoms with Gasteiger partial charge in [0.25, 0.3) is 11.8 Å². The number of ether oxygens (including phenoxy) is 1. The molecule has 5 aromatic rings. The number of amides is 2. The number of benzene rings is 2. The first-order chi connectivity index (χ1) is 21.6. The predicted octanol–water partition coefficient (Wildman–Crippen LogP) is 6.57. The Labute approximate surface area is 273 Å². The van der Waals surface area contributed by atoms with E-state index >= 15 is 0 Å². The highest BCUT2D eigenvalue weighted by Crippen LogP contribution is 2.30. The molecule has 238 valence electrons. The average Bonchev–Trinajstić information content (AvgIpc) is 3.37. The molecule has 1 aliphatic rings. The molecule has 1 N–H and O–H groups in total. The monoisotopic (exact) mass is 694 g/mol. The minimum Gasteiger partial charge on any atom is -0.439 e. The molecule has 2 aromatic carbocycles. The number of alkyl halides is 3. The topological polar surface area (TPSA) is 92.6 Å². The Morgan fingerprint density at radius 1 is 0.913 bits per heavy atom. The van der Waals surface area contributed by atoms with E-state index in [0.717, 1.165) is 54.8 Å². The lowest BCUT2D eigenvalue weighted by atomic mass is 10.1. The minimum absolute atomic E-state index is 0. The van der Waals surface area contributed by atoms with Crippen LogP contribution in [-0.2, 0) is 19.8 Å². The molecular formula is C33H30BrF3N6O3. The molecule has 2 amide bonds. The van der Waals surface area contributed by atoms with E-state index in [9.17, 15) is 22.8 Å². The standard InChI is InChI=1S/C33H29F3N6O3.BrH/c1-40-28-8-7-27(45-30-9-6-26(20-38-30)39-31(43)23-2-4-25(5-3-23)33(34,35)36)18-24(28)19-29(40)32(44)42-16-14-41(15-17-42)21-22-10-12-37-13-11-22;/h2-13,18-20H,14-17,21H2,1H3,(H,39,43);1H. The highest BCUT2D eigenvalue weighted by atomic mass is 79.9. The van der Waals surface area contributed by atoms with Crippen molar-refractivity contribution in [2.24, 2.45) is 7.05 Å². The van der Waals surface area contributed by atoms with Crippen LogP contribution in [-0.4, -0.2) is 62.3 Å². The number of hydrogen-bond donors (Lipinski definition) is 1. The number of rotatable bonds is 7. The van der Waals surface area contributed by atoms with Crippen LogP contribution >= 0.6 is 17.0 Å². The Morgan fingerprint density at radius 2 is 1.63 bits per heavy atom. The third kappa shape index (κ3) is 7.37. The SMILES string of the molecule is Br.Cn1c(C(=O)N2CCN(Cc3ccncc3)CC2)cc2cc(Oc3ccc(NC(=O)c4ccc(C(F)(F)F)cc4)cn3)ccc21. The zero-order valence-corrected chi connectivity index (χ0v) is 26.4. The summed E-state index contributed by atoms with van der Waals surface area (Å²) in [7, 11) is 1.87. The number of nitrogens with zero attached hydrogens (tertiary/aromatic N) is 5. The third-order valence-corrected chi connectivity index (χ3v) is 7.74. The minimum atomic E-state index is -4.47. The molecule has 0 saturated carbocycles. The fraction of sp³-hybridized carbons (Fsp3) is 0.212. The Kier molecular flexibility index (Phi) is 9.73. The van der Waals surface area contributed by atoms with Gasteiger partial charge in [0.1, 0.15) is 11.4 Å². The summed E-state index contributed by atoms with van der Waals surface area (Å²) in [6, 6.07) is 18.5. The van der Waals surface area contributed by atoms with Crippen LogP contribution in [0.15, 0.2) is 91.4 Å². The van der Waals surface area contributed by atoms with Gasteiger partial charge in [-0.15, -0.1) is 17.0 Å². The van der Waals surface area contributed by atoms with Crippen molar-refractivity contribution in [3.05, 3.63) is 114 Å². The molecule has 1 aliphatic heterocycles. The summed E-state index contributed by atoms with van der Waals surface area (Å²) in [6.07, 6.45) is 0.498. The first kappa shape index (κ1) is 32.6. The molecule has 4 heterocycles. The first-order valence-corrected chi connectivity index (χ1v) is 14.3. The maximum absolute atomic E-state index is 13.4. The van der Waals surface area contributed by atoms with E-state index in [1.807, 2.05) is 46.8 Å². The van der Waals surface area contributed by atoms with Crippen molar-refractivity contribution in [3.63, 3.8) is 0 Å². The lowest BCUT2D eigenvalue weighted by Crippen LogP contribution is -2.48. The summed E-state index contributed by atoms with van der Waals surface area (Å²) in [4.78, 5) is 38.4. The number of halogens is 4. The molecule has 0 atom stereocenters. The predicted molar refractivity (Wildman–Crippen MR) is 172 cm³/mol. The van der Waals surface area contributed by atoms with Gasteiger partial charge in [-0.25, -0.2) is 4.98 Å². The molecule has 0 bridgehead atoms. The molecule has 6 rings (SSSR count). The van der Waals surface area contributed by atoms with E-state index in [-0.39, 0.29) is 34.3 Å². The molecule has 1 fully saturated rings. The molecule has 13 heteroatoms. The summed E-state index contributed by atoms with van der Waals surface area (Å²) in [5.41, 5.74) is 2.29. The van der Waals surface area contributed by atoms with Gasteiger partial charge in [-0.3, -0.25) is 19.5 Å². The van der Waals surface area contributed by atoms with Gasteiger partial charge in [0, 0.05) is 74.7 Å². The third-order valence-electron chi connectivity index (χ3n) is 7.74. The molecular weight excluding hydrogens is 665 g/mol. The van der Waals surface area contributed by atoms with E-state index < -0.39 is 17.6 Å². The molecule has 0 spiro atoms. The van der Waals surface area contributed by atoms with Gasteiger partial charge in [0.2, 0.25) is 5.88 Å². The highest BCUT2D eigenvalue weighted by Gasteiger charge is 2.30. The van der Waals surface area contributed by atoms with Gasteiger partial charge in [-0.05, 0) is 72.3 Å². The molecule has 9 nitrogen and oxygen atoms in total. The maximum atomic E-state index is 13.4. The number of hydrogen-bond acceptors (Lipinski definition) is 6. The van der Waals surface area contributed by atoms with Crippen molar-refractivity contribution in [1.29, 1.82) is 0 Å². The van der Waals surface area contributed by atoms with Gasteiger partial charge in [0.15, 0.2) is 0 Å². The van der Waals surface area contributed by atoms with E-state index in [4.69, 9.17) is 4.74 Å². The van der Waals surface area contributed by atoms with Crippen molar-refractivity contribution in [1.82, 2.24) is 24.3 Å². The summed E-state index contributed by atoms with van der Waals surface area (Å²) in [5, 5.41) is 3.45. The zero-order valence-electron chi connectivity index (χ0n) is 24.7. The van der Waals surface area contributed by atoms with E-state index in [1.54, 1.807) is 30.6 Å². The van der Waals surface area contributed by atoms with Crippen LogP contribution in [0.5, 0.6) is 11.6 Å². The van der Waals surface area contributed by atoms with Crippen LogP contribution in [0.3, 0.4) is 0 Å². The van der Waals surface area contributed by atoms with E-state index in [2.05, 4.69) is 20.2 Å². The van der Waals surface area contributed by atoms with E-state index in [0.29, 0.717) is 30.2 Å². The van der Waals surface area contributed by atoms with Crippen molar-refractivity contribution >= 4 is 45.4 Å². The highest BCUT2D eigenvalue weighted by molar-refractivity contribution is 8.93. The Hall–Kier alpha value is -4.75. The molecule has 0 radical (unpaired) electrons. The number of aromatic nitrogens is 3. The van der Waals surface area contributed by atoms with Crippen LogP contribution in [0.25, 0.3) is 10.9 Å². The van der Waals surface area contributed by atoms with Crippen LogP contribution < -0.4 is 10.1 Å².